The molecule has 0 aromatic carbocycles. The Balaban J connectivity index is 2.04. The Kier molecular flexibility index (Phi) is 2.96. The standard InChI is InChI=1S/C15H21N3O/c1-17(2)9-11-7-8-12-13(15(11)19)14(18(3)16-12)10-5-4-6-10/h9-10H,4-8H2,1-3H3/b11-9+. The predicted molar refractivity (Wildman–Crippen MR) is 74.2 cm³/mol. The van der Waals surface area contributed by atoms with Gasteiger partial charge in [0, 0.05) is 38.8 Å². The molecule has 19 heavy (non-hydrogen) atoms. The van der Waals surface area contributed by atoms with Crippen LogP contribution >= 0.6 is 0 Å². The maximum absolute atomic E-state index is 12.7. The Bertz CT molecular complexity index is 550. The van der Waals surface area contributed by atoms with Crippen LogP contribution in [0.2, 0.25) is 0 Å². The van der Waals surface area contributed by atoms with E-state index in [-0.39, 0.29) is 5.78 Å². The SMILES string of the molecule is CN(C)/C=C1\CCc2nn(C)c(C3CCC3)c2C1=O. The van der Waals surface area contributed by atoms with Gasteiger partial charge in [-0.3, -0.25) is 9.48 Å². The zero-order valence-corrected chi connectivity index (χ0v) is 11.9. The second-order valence-electron chi connectivity index (χ2n) is 5.91. The van der Waals surface area contributed by atoms with Gasteiger partial charge in [-0.05, 0) is 25.7 Å². The molecule has 0 amide bonds. The van der Waals surface area contributed by atoms with Crippen molar-refractivity contribution < 1.29 is 4.79 Å². The minimum Gasteiger partial charge on any atom is -0.383 e. The number of rotatable bonds is 2. The molecule has 0 bridgehead atoms. The summed E-state index contributed by atoms with van der Waals surface area (Å²) in [6.45, 7) is 0. The van der Waals surface area contributed by atoms with E-state index in [2.05, 4.69) is 5.10 Å². The number of allylic oxidation sites excluding steroid dienone is 1. The van der Waals surface area contributed by atoms with E-state index in [0.29, 0.717) is 5.92 Å². The summed E-state index contributed by atoms with van der Waals surface area (Å²) in [5.41, 5.74) is 4.01. The van der Waals surface area contributed by atoms with Gasteiger partial charge in [0.15, 0.2) is 5.78 Å². The number of Topliss-reactive ketones (excluding diaryl/α,β-unsaturated/α-hetero) is 1. The number of ketones is 1. The number of hydrogen-bond donors (Lipinski definition) is 0. The molecule has 0 N–H and O–H groups in total. The van der Waals surface area contributed by atoms with Gasteiger partial charge in [0.05, 0.1) is 17.0 Å². The van der Waals surface area contributed by atoms with Crippen molar-refractivity contribution >= 4 is 5.78 Å². The van der Waals surface area contributed by atoms with E-state index in [0.717, 1.165) is 29.7 Å². The van der Waals surface area contributed by atoms with Crippen LogP contribution in [0.1, 0.15) is 53.3 Å². The molecule has 0 atom stereocenters. The highest BCUT2D eigenvalue weighted by atomic mass is 16.1. The number of aromatic nitrogens is 2. The second-order valence-corrected chi connectivity index (χ2v) is 5.91. The fourth-order valence-electron chi connectivity index (χ4n) is 3.13. The molecular weight excluding hydrogens is 238 g/mol. The zero-order chi connectivity index (χ0) is 13.6. The Labute approximate surface area is 114 Å². The third-order valence-electron chi connectivity index (χ3n) is 4.22. The van der Waals surface area contributed by atoms with Crippen molar-refractivity contribution in [3.05, 3.63) is 28.7 Å². The van der Waals surface area contributed by atoms with Crippen molar-refractivity contribution in [2.45, 2.75) is 38.0 Å². The molecular formula is C15H21N3O. The Morgan fingerprint density at radius 3 is 2.63 bits per heavy atom. The van der Waals surface area contributed by atoms with Crippen LogP contribution in [0, 0.1) is 0 Å². The van der Waals surface area contributed by atoms with Gasteiger partial charge in [-0.15, -0.1) is 0 Å². The minimum absolute atomic E-state index is 0.199. The van der Waals surface area contributed by atoms with E-state index in [1.165, 1.54) is 25.0 Å². The first-order chi connectivity index (χ1) is 9.08. The fourth-order valence-corrected chi connectivity index (χ4v) is 3.13. The highest BCUT2D eigenvalue weighted by Crippen LogP contribution is 2.40. The van der Waals surface area contributed by atoms with Crippen molar-refractivity contribution in [3.63, 3.8) is 0 Å². The number of carbonyl (C=O) groups excluding carboxylic acids is 1. The summed E-state index contributed by atoms with van der Waals surface area (Å²) in [6, 6.07) is 0. The van der Waals surface area contributed by atoms with Crippen LogP contribution in [0.4, 0.5) is 0 Å². The lowest BCUT2D eigenvalue weighted by molar-refractivity contribution is 0.102. The molecule has 2 aliphatic carbocycles. The topological polar surface area (TPSA) is 38.1 Å². The van der Waals surface area contributed by atoms with Gasteiger partial charge in [-0.1, -0.05) is 6.42 Å². The summed E-state index contributed by atoms with van der Waals surface area (Å²) in [5.74, 6) is 0.744. The van der Waals surface area contributed by atoms with E-state index >= 15 is 0 Å². The van der Waals surface area contributed by atoms with Gasteiger partial charge >= 0.3 is 0 Å². The van der Waals surface area contributed by atoms with Crippen LogP contribution in [-0.4, -0.2) is 34.6 Å². The lowest BCUT2D eigenvalue weighted by Crippen LogP contribution is -2.20. The first-order valence-electron chi connectivity index (χ1n) is 7.05. The van der Waals surface area contributed by atoms with Crippen LogP contribution in [-0.2, 0) is 13.5 Å². The molecule has 0 unspecified atom stereocenters. The number of fused-ring (bicyclic) bond motifs is 1. The van der Waals surface area contributed by atoms with Crippen molar-refractivity contribution in [3.8, 4) is 0 Å². The monoisotopic (exact) mass is 259 g/mol. The fraction of sp³-hybridized carbons (Fsp3) is 0.600. The Morgan fingerprint density at radius 1 is 1.32 bits per heavy atom. The van der Waals surface area contributed by atoms with Crippen LogP contribution in [0.15, 0.2) is 11.8 Å². The van der Waals surface area contributed by atoms with Crippen LogP contribution in [0.3, 0.4) is 0 Å². The van der Waals surface area contributed by atoms with Crippen molar-refractivity contribution in [2.75, 3.05) is 14.1 Å². The summed E-state index contributed by atoms with van der Waals surface area (Å²) in [4.78, 5) is 14.6. The van der Waals surface area contributed by atoms with Crippen LogP contribution in [0.25, 0.3) is 0 Å². The third-order valence-corrected chi connectivity index (χ3v) is 4.22. The molecule has 0 aliphatic heterocycles. The Morgan fingerprint density at radius 2 is 2.05 bits per heavy atom. The van der Waals surface area contributed by atoms with E-state index < -0.39 is 0 Å². The van der Waals surface area contributed by atoms with E-state index in [4.69, 9.17) is 0 Å². The highest BCUT2D eigenvalue weighted by Gasteiger charge is 2.34. The number of nitrogens with zero attached hydrogens (tertiary/aromatic N) is 3. The largest absolute Gasteiger partial charge is 0.383 e. The Hall–Kier alpha value is -1.58. The molecule has 0 spiro atoms. The van der Waals surface area contributed by atoms with E-state index in [1.807, 2.05) is 36.9 Å². The number of aryl methyl sites for hydroxylation is 2. The molecule has 4 heteroatoms. The summed E-state index contributed by atoms with van der Waals surface area (Å²) in [5, 5.41) is 4.57. The van der Waals surface area contributed by atoms with Gasteiger partial charge in [-0.2, -0.15) is 5.10 Å². The summed E-state index contributed by atoms with van der Waals surface area (Å²) in [7, 11) is 5.91. The molecule has 4 nitrogen and oxygen atoms in total. The summed E-state index contributed by atoms with van der Waals surface area (Å²) >= 11 is 0. The summed E-state index contributed by atoms with van der Waals surface area (Å²) in [6.07, 6.45) is 7.34. The quantitative estimate of drug-likeness (QED) is 0.765. The zero-order valence-electron chi connectivity index (χ0n) is 11.9. The van der Waals surface area contributed by atoms with Gasteiger partial charge in [-0.25, -0.2) is 0 Å². The molecule has 1 saturated carbocycles. The molecule has 3 rings (SSSR count). The lowest BCUT2D eigenvalue weighted by Gasteiger charge is -2.27. The molecule has 0 saturated heterocycles. The van der Waals surface area contributed by atoms with Crippen molar-refractivity contribution in [2.24, 2.45) is 7.05 Å². The third kappa shape index (κ3) is 1.99. The summed E-state index contributed by atoms with van der Waals surface area (Å²) < 4.78 is 1.95. The van der Waals surface area contributed by atoms with Crippen LogP contribution < -0.4 is 0 Å². The molecule has 102 valence electrons. The highest BCUT2D eigenvalue weighted by molar-refractivity contribution is 6.11. The average molecular weight is 259 g/mol. The molecule has 0 radical (unpaired) electrons. The van der Waals surface area contributed by atoms with Crippen molar-refractivity contribution in [1.29, 1.82) is 0 Å². The molecule has 2 aliphatic rings. The van der Waals surface area contributed by atoms with Crippen LogP contribution in [0.5, 0.6) is 0 Å². The van der Waals surface area contributed by atoms with E-state index in [1.54, 1.807) is 0 Å². The second kappa shape index (κ2) is 4.51. The van der Waals surface area contributed by atoms with Gasteiger partial charge in [0.2, 0.25) is 0 Å². The van der Waals surface area contributed by atoms with Gasteiger partial charge in [0.1, 0.15) is 0 Å². The maximum Gasteiger partial charge on any atom is 0.194 e. The smallest absolute Gasteiger partial charge is 0.194 e. The average Bonchev–Trinajstić information content (AvgIpc) is 2.58. The lowest BCUT2D eigenvalue weighted by atomic mass is 9.78. The van der Waals surface area contributed by atoms with Crippen molar-refractivity contribution in [1.82, 2.24) is 14.7 Å². The molecule has 1 aromatic heterocycles. The first kappa shape index (κ1) is 12.5. The normalized spacial score (nSPS) is 21.4. The molecule has 1 heterocycles. The predicted octanol–water partition coefficient (Wildman–Crippen LogP) is 2.26. The molecule has 1 aromatic rings. The minimum atomic E-state index is 0.199. The van der Waals surface area contributed by atoms with Gasteiger partial charge < -0.3 is 4.90 Å². The number of hydrogen-bond acceptors (Lipinski definition) is 3. The van der Waals surface area contributed by atoms with E-state index in [9.17, 15) is 4.79 Å². The molecule has 1 fully saturated rings. The maximum atomic E-state index is 12.7. The van der Waals surface area contributed by atoms with Gasteiger partial charge in [0.25, 0.3) is 0 Å². The first-order valence-corrected chi connectivity index (χ1v) is 7.05. The number of carbonyl (C=O) groups is 1.